The Hall–Kier alpha value is -2.36. The predicted octanol–water partition coefficient (Wildman–Crippen LogP) is 5.12. The van der Waals surface area contributed by atoms with Crippen LogP contribution in [0.1, 0.15) is 16.7 Å². The number of carbonyl (C=O) groups excluding carboxylic acids is 1. The maximum absolute atomic E-state index is 12.5. The highest BCUT2D eigenvalue weighted by Gasteiger charge is 2.13. The van der Waals surface area contributed by atoms with Gasteiger partial charge in [0.2, 0.25) is 0 Å². The summed E-state index contributed by atoms with van der Waals surface area (Å²) in [6, 6.07) is 13.1. The Kier molecular flexibility index (Phi) is 7.40. The van der Waals surface area contributed by atoms with Gasteiger partial charge in [0.05, 0.1) is 8.04 Å². The van der Waals surface area contributed by atoms with E-state index in [1.165, 1.54) is 6.08 Å². The van der Waals surface area contributed by atoms with Gasteiger partial charge in [0, 0.05) is 5.69 Å². The monoisotopic (exact) mass is 535 g/mol. The third-order valence-electron chi connectivity index (χ3n) is 3.61. The molecule has 27 heavy (non-hydrogen) atoms. The maximum atomic E-state index is 12.5. The molecule has 2 aromatic rings. The molecule has 0 aliphatic rings. The summed E-state index contributed by atoms with van der Waals surface area (Å²) in [5.74, 6) is 0.0768. The van der Waals surface area contributed by atoms with Crippen molar-refractivity contribution in [1.29, 1.82) is 10.5 Å². The molecule has 0 unspecified atom stereocenters. The summed E-state index contributed by atoms with van der Waals surface area (Å²) in [4.78, 5) is 12.5. The summed E-state index contributed by atoms with van der Waals surface area (Å²) < 4.78 is 6.77. The maximum Gasteiger partial charge on any atom is 0.266 e. The lowest BCUT2D eigenvalue weighted by molar-refractivity contribution is -0.112. The second-order valence-corrected chi connectivity index (χ2v) is 7.72. The van der Waals surface area contributed by atoms with E-state index in [0.717, 1.165) is 14.7 Å². The predicted molar refractivity (Wildman–Crippen MR) is 116 cm³/mol. The zero-order valence-electron chi connectivity index (χ0n) is 14.6. The number of nitrogens with zero attached hydrogens (tertiary/aromatic N) is 2. The van der Waals surface area contributed by atoms with Gasteiger partial charge in [-0.25, -0.2) is 0 Å². The van der Waals surface area contributed by atoms with Crippen LogP contribution in [0, 0.1) is 40.1 Å². The van der Waals surface area contributed by atoms with Gasteiger partial charge in [-0.3, -0.25) is 4.79 Å². The number of nitriles is 2. The van der Waals surface area contributed by atoms with Gasteiger partial charge in [-0.1, -0.05) is 17.7 Å². The van der Waals surface area contributed by atoms with Crippen LogP contribution in [0.15, 0.2) is 40.4 Å². The summed E-state index contributed by atoms with van der Waals surface area (Å²) in [6.07, 6.45) is 1.51. The number of hydrogen-bond donors (Lipinski definition) is 1. The smallest absolute Gasteiger partial charge is 0.266 e. The molecule has 0 aliphatic heterocycles. The minimum atomic E-state index is -0.472. The van der Waals surface area contributed by atoms with Crippen LogP contribution in [0.2, 0.25) is 0 Å². The van der Waals surface area contributed by atoms with E-state index in [-0.39, 0.29) is 12.2 Å². The number of rotatable bonds is 5. The van der Waals surface area contributed by atoms with Crippen molar-refractivity contribution in [3.05, 3.63) is 60.6 Å². The molecule has 0 bridgehead atoms. The Labute approximate surface area is 179 Å². The molecule has 0 saturated carbocycles. The van der Waals surface area contributed by atoms with E-state index < -0.39 is 5.91 Å². The lowest BCUT2D eigenvalue weighted by atomic mass is 10.1. The van der Waals surface area contributed by atoms with Crippen molar-refractivity contribution in [2.45, 2.75) is 13.8 Å². The van der Waals surface area contributed by atoms with Gasteiger partial charge in [0.25, 0.3) is 5.91 Å². The van der Waals surface area contributed by atoms with Crippen LogP contribution in [0.3, 0.4) is 0 Å². The van der Waals surface area contributed by atoms with E-state index in [2.05, 4.69) is 43.8 Å². The number of halogens is 2. The highest BCUT2D eigenvalue weighted by molar-refractivity contribution is 14.1. The molecular formula is C20H15BrIN3O2. The van der Waals surface area contributed by atoms with Crippen LogP contribution >= 0.6 is 38.5 Å². The Morgan fingerprint density at radius 3 is 2.63 bits per heavy atom. The van der Waals surface area contributed by atoms with Crippen molar-refractivity contribution in [1.82, 2.24) is 0 Å². The minimum absolute atomic E-state index is 0.0108. The van der Waals surface area contributed by atoms with E-state index >= 15 is 0 Å². The third-order valence-corrected chi connectivity index (χ3v) is 5.00. The molecule has 0 atom stereocenters. The SMILES string of the molecule is Cc1ccc(NC(=O)/C(C#N)=C/c2cc(Br)c(OCC#N)c(I)c2)c(C)c1. The van der Waals surface area contributed by atoms with Gasteiger partial charge < -0.3 is 10.1 Å². The van der Waals surface area contributed by atoms with Crippen molar-refractivity contribution in [3.8, 4) is 17.9 Å². The Morgan fingerprint density at radius 1 is 1.30 bits per heavy atom. The number of carbonyl (C=O) groups is 1. The summed E-state index contributed by atoms with van der Waals surface area (Å²) >= 11 is 5.47. The summed E-state index contributed by atoms with van der Waals surface area (Å²) in [7, 11) is 0. The fourth-order valence-electron chi connectivity index (χ4n) is 2.36. The molecule has 0 aromatic heterocycles. The lowest BCUT2D eigenvalue weighted by Gasteiger charge is -2.10. The first-order valence-corrected chi connectivity index (χ1v) is 9.72. The zero-order valence-corrected chi connectivity index (χ0v) is 18.4. The van der Waals surface area contributed by atoms with Crippen LogP contribution < -0.4 is 10.1 Å². The molecule has 2 rings (SSSR count). The van der Waals surface area contributed by atoms with Gasteiger partial charge in [0.1, 0.15) is 23.5 Å². The Balaban J connectivity index is 2.28. The van der Waals surface area contributed by atoms with Gasteiger partial charge in [-0.05, 0) is 87.8 Å². The second-order valence-electron chi connectivity index (χ2n) is 5.70. The number of benzene rings is 2. The van der Waals surface area contributed by atoms with E-state index in [0.29, 0.717) is 21.5 Å². The van der Waals surface area contributed by atoms with Crippen molar-refractivity contribution in [2.24, 2.45) is 0 Å². The molecule has 2 aromatic carbocycles. The number of ether oxygens (including phenoxy) is 1. The average molecular weight is 536 g/mol. The Morgan fingerprint density at radius 2 is 2.04 bits per heavy atom. The largest absolute Gasteiger partial charge is 0.476 e. The molecule has 0 fully saturated rings. The molecular weight excluding hydrogens is 521 g/mol. The normalized spacial score (nSPS) is 10.7. The molecule has 0 radical (unpaired) electrons. The van der Waals surface area contributed by atoms with Crippen molar-refractivity contribution in [2.75, 3.05) is 11.9 Å². The van der Waals surface area contributed by atoms with E-state index in [4.69, 9.17) is 10.00 Å². The fourth-order valence-corrected chi connectivity index (χ4v) is 4.13. The molecule has 0 heterocycles. The van der Waals surface area contributed by atoms with Crippen molar-refractivity contribution >= 4 is 56.2 Å². The topological polar surface area (TPSA) is 85.9 Å². The van der Waals surface area contributed by atoms with Gasteiger partial charge in [0.15, 0.2) is 6.61 Å². The van der Waals surface area contributed by atoms with Crippen molar-refractivity contribution < 1.29 is 9.53 Å². The molecule has 136 valence electrons. The van der Waals surface area contributed by atoms with Crippen LogP contribution in [0.5, 0.6) is 5.75 Å². The summed E-state index contributed by atoms with van der Waals surface area (Å²) in [5, 5.41) is 20.8. The van der Waals surface area contributed by atoms with Crippen LogP contribution in [-0.4, -0.2) is 12.5 Å². The number of nitrogens with one attached hydrogen (secondary N) is 1. The van der Waals surface area contributed by atoms with Crippen LogP contribution in [-0.2, 0) is 4.79 Å². The molecule has 0 spiro atoms. The zero-order chi connectivity index (χ0) is 20.0. The number of amides is 1. The van der Waals surface area contributed by atoms with E-state index in [1.807, 2.05) is 44.2 Å². The molecule has 0 saturated heterocycles. The van der Waals surface area contributed by atoms with Gasteiger partial charge in [-0.2, -0.15) is 10.5 Å². The number of hydrogen-bond acceptors (Lipinski definition) is 4. The van der Waals surface area contributed by atoms with Gasteiger partial charge >= 0.3 is 0 Å². The van der Waals surface area contributed by atoms with Gasteiger partial charge in [-0.15, -0.1) is 0 Å². The molecule has 1 amide bonds. The number of anilines is 1. The highest BCUT2D eigenvalue weighted by atomic mass is 127. The number of aryl methyl sites for hydroxylation is 2. The first-order chi connectivity index (χ1) is 12.8. The minimum Gasteiger partial charge on any atom is -0.476 e. The summed E-state index contributed by atoms with van der Waals surface area (Å²) in [5.41, 5.74) is 3.35. The first-order valence-electron chi connectivity index (χ1n) is 7.85. The summed E-state index contributed by atoms with van der Waals surface area (Å²) in [6.45, 7) is 3.81. The molecule has 5 nitrogen and oxygen atoms in total. The first kappa shape index (κ1) is 20.9. The van der Waals surface area contributed by atoms with E-state index in [9.17, 15) is 10.1 Å². The fraction of sp³-hybridized carbons (Fsp3) is 0.150. The lowest BCUT2D eigenvalue weighted by Crippen LogP contribution is -2.14. The second kappa shape index (κ2) is 9.54. The molecule has 7 heteroatoms. The Bertz CT molecular complexity index is 980. The average Bonchev–Trinajstić information content (AvgIpc) is 2.61. The third kappa shape index (κ3) is 5.56. The van der Waals surface area contributed by atoms with Crippen LogP contribution in [0.4, 0.5) is 5.69 Å². The van der Waals surface area contributed by atoms with E-state index in [1.54, 1.807) is 12.1 Å². The standard InChI is InChI=1S/C20H15BrIN3O2/c1-12-3-4-18(13(2)7-12)25-20(26)15(11-24)8-14-9-16(21)19(17(22)10-14)27-6-5-23/h3-4,7-10H,6H2,1-2H3,(H,25,26)/b15-8+. The quantitative estimate of drug-likeness (QED) is 0.327. The highest BCUT2D eigenvalue weighted by Crippen LogP contribution is 2.32. The van der Waals surface area contributed by atoms with Crippen LogP contribution in [0.25, 0.3) is 6.08 Å². The molecule has 0 aliphatic carbocycles. The molecule has 1 N–H and O–H groups in total. The van der Waals surface area contributed by atoms with Crippen molar-refractivity contribution in [3.63, 3.8) is 0 Å².